The van der Waals surface area contributed by atoms with Crippen LogP contribution in [0, 0.1) is 23.2 Å². The minimum absolute atomic E-state index is 0. The molecule has 1 aliphatic carbocycles. The number of fused-ring (bicyclic) bond motifs is 3. The maximum absolute atomic E-state index is 12.6. The Bertz CT molecular complexity index is 671. The predicted molar refractivity (Wildman–Crippen MR) is 97.9 cm³/mol. The molecule has 2 heterocycles. The number of carbonyl (C=O) groups excluding carboxylic acids is 2. The fourth-order valence-corrected chi connectivity index (χ4v) is 5.06. The van der Waals surface area contributed by atoms with E-state index in [1.54, 1.807) is 4.90 Å². The lowest BCUT2D eigenvalue weighted by atomic mass is 9.78. The Balaban J connectivity index is 0.00000196. The van der Waals surface area contributed by atoms with Gasteiger partial charge in [0, 0.05) is 13.1 Å². The van der Waals surface area contributed by atoms with Gasteiger partial charge >= 0.3 is 12.1 Å². The maximum Gasteiger partial charge on any atom is 0.410 e. The summed E-state index contributed by atoms with van der Waals surface area (Å²) in [5.41, 5.74) is 0.399. The van der Waals surface area contributed by atoms with Crippen LogP contribution in [0.1, 0.15) is 12.0 Å². The zero-order chi connectivity index (χ0) is 17.4. The highest BCUT2D eigenvalue weighted by molar-refractivity contribution is 5.85. The zero-order valence-corrected chi connectivity index (χ0v) is 15.7. The van der Waals surface area contributed by atoms with Gasteiger partial charge in [0.05, 0.1) is 12.5 Å². The molecule has 1 aromatic rings. The second-order valence-electron chi connectivity index (χ2n) is 7.46. The van der Waals surface area contributed by atoms with E-state index < -0.39 is 5.41 Å². The fraction of sp³-hybridized carbons (Fsp3) is 0.579. The number of nitrogens with zero attached hydrogens (tertiary/aromatic N) is 1. The van der Waals surface area contributed by atoms with Gasteiger partial charge < -0.3 is 19.7 Å². The van der Waals surface area contributed by atoms with Crippen LogP contribution in [0.15, 0.2) is 30.3 Å². The van der Waals surface area contributed by atoms with E-state index in [0.717, 1.165) is 25.1 Å². The van der Waals surface area contributed by atoms with Crippen LogP contribution in [0.25, 0.3) is 0 Å². The molecule has 1 N–H and O–H groups in total. The van der Waals surface area contributed by atoms with Gasteiger partial charge in [0.1, 0.15) is 6.61 Å². The van der Waals surface area contributed by atoms with E-state index in [1.807, 2.05) is 30.3 Å². The van der Waals surface area contributed by atoms with Crippen molar-refractivity contribution in [2.45, 2.75) is 13.0 Å². The molecule has 26 heavy (non-hydrogen) atoms. The molecule has 1 saturated carbocycles. The number of rotatable bonds is 3. The second kappa shape index (κ2) is 7.45. The molecule has 6 nitrogen and oxygen atoms in total. The Morgan fingerprint density at radius 1 is 1.27 bits per heavy atom. The average Bonchev–Trinajstić information content (AvgIpc) is 3.30. The van der Waals surface area contributed by atoms with Crippen LogP contribution in [0.2, 0.25) is 0 Å². The van der Waals surface area contributed by atoms with E-state index >= 15 is 0 Å². The molecule has 142 valence electrons. The van der Waals surface area contributed by atoms with Crippen molar-refractivity contribution < 1.29 is 19.1 Å². The van der Waals surface area contributed by atoms with Crippen LogP contribution in [-0.2, 0) is 20.9 Å². The van der Waals surface area contributed by atoms with Crippen molar-refractivity contribution in [1.29, 1.82) is 0 Å². The van der Waals surface area contributed by atoms with Gasteiger partial charge in [-0.25, -0.2) is 4.79 Å². The van der Waals surface area contributed by atoms with Gasteiger partial charge in [0.15, 0.2) is 0 Å². The summed E-state index contributed by atoms with van der Waals surface area (Å²) in [4.78, 5) is 26.8. The number of halogens is 1. The first-order valence-electron chi connectivity index (χ1n) is 8.89. The summed E-state index contributed by atoms with van der Waals surface area (Å²) in [6, 6.07) is 9.62. The summed E-state index contributed by atoms with van der Waals surface area (Å²) >= 11 is 0. The van der Waals surface area contributed by atoms with Crippen molar-refractivity contribution in [3.8, 4) is 0 Å². The summed E-state index contributed by atoms with van der Waals surface area (Å²) in [6.07, 6.45) is 0.453. The zero-order valence-electron chi connectivity index (χ0n) is 14.8. The molecule has 2 saturated heterocycles. The normalized spacial score (nSPS) is 31.7. The number of hydrogen-bond donors (Lipinski definition) is 1. The number of nitrogens with one attached hydrogen (secondary N) is 1. The monoisotopic (exact) mass is 380 g/mol. The van der Waals surface area contributed by atoms with Crippen molar-refractivity contribution in [3.63, 3.8) is 0 Å². The van der Waals surface area contributed by atoms with E-state index in [0.29, 0.717) is 24.9 Å². The highest BCUT2D eigenvalue weighted by Crippen LogP contribution is 2.56. The number of methoxy groups -OCH3 is 1. The van der Waals surface area contributed by atoms with Gasteiger partial charge in [-0.1, -0.05) is 30.3 Å². The Hall–Kier alpha value is -1.79. The molecule has 7 heteroatoms. The third kappa shape index (κ3) is 3.05. The highest BCUT2D eigenvalue weighted by atomic mass is 35.5. The van der Waals surface area contributed by atoms with E-state index in [4.69, 9.17) is 9.47 Å². The van der Waals surface area contributed by atoms with Crippen LogP contribution in [0.5, 0.6) is 0 Å². The second-order valence-corrected chi connectivity index (χ2v) is 7.46. The molecule has 3 aliphatic rings. The van der Waals surface area contributed by atoms with E-state index in [-0.39, 0.29) is 37.0 Å². The van der Waals surface area contributed by atoms with Crippen LogP contribution in [0.3, 0.4) is 0 Å². The Kier molecular flexibility index (Phi) is 5.44. The molecule has 2 aliphatic heterocycles. The SMILES string of the molecule is COC(=O)[C@]12C[C@@H]3CNC[C@@H]3[C@H]1CN(C(=O)OCc1ccccc1)C2.Cl. The number of amides is 1. The Morgan fingerprint density at radius 2 is 2.04 bits per heavy atom. The molecule has 0 spiro atoms. The molecule has 0 bridgehead atoms. The van der Waals surface area contributed by atoms with Gasteiger partial charge in [-0.05, 0) is 42.8 Å². The number of likely N-dealkylation sites (tertiary alicyclic amines) is 1. The van der Waals surface area contributed by atoms with E-state index in [2.05, 4.69) is 5.32 Å². The van der Waals surface area contributed by atoms with Crippen molar-refractivity contribution in [3.05, 3.63) is 35.9 Å². The van der Waals surface area contributed by atoms with E-state index in [9.17, 15) is 9.59 Å². The molecule has 1 aromatic carbocycles. The molecular weight excluding hydrogens is 356 g/mol. The molecule has 0 unspecified atom stereocenters. The van der Waals surface area contributed by atoms with Crippen LogP contribution in [0.4, 0.5) is 4.79 Å². The summed E-state index contributed by atoms with van der Waals surface area (Å²) in [5, 5.41) is 3.41. The molecule has 0 radical (unpaired) electrons. The summed E-state index contributed by atoms with van der Waals surface area (Å²) < 4.78 is 10.6. The topological polar surface area (TPSA) is 67.9 Å². The van der Waals surface area contributed by atoms with Gasteiger partial charge in [0.2, 0.25) is 0 Å². The van der Waals surface area contributed by atoms with E-state index in [1.165, 1.54) is 7.11 Å². The molecular formula is C19H25ClN2O4. The maximum atomic E-state index is 12.6. The van der Waals surface area contributed by atoms with Gasteiger partial charge in [-0.3, -0.25) is 4.79 Å². The number of ether oxygens (including phenoxy) is 2. The van der Waals surface area contributed by atoms with Crippen molar-refractivity contribution >= 4 is 24.5 Å². The Morgan fingerprint density at radius 3 is 2.77 bits per heavy atom. The quantitative estimate of drug-likeness (QED) is 0.813. The predicted octanol–water partition coefficient (Wildman–Crippen LogP) is 2.08. The number of carbonyl (C=O) groups is 2. The number of benzene rings is 1. The number of esters is 1. The standard InChI is InChI=1S/C19H24N2O4.ClH/c1-24-17(22)19-7-14-8-20-9-15(14)16(19)10-21(12-19)18(23)25-11-13-5-3-2-4-6-13;/h2-6,14-16,20H,7-12H2,1H3;1H/t14-,15+,16-,19+;/m1./s1. The smallest absolute Gasteiger partial charge is 0.410 e. The first-order chi connectivity index (χ1) is 12.1. The third-order valence-electron chi connectivity index (χ3n) is 6.19. The average molecular weight is 381 g/mol. The minimum Gasteiger partial charge on any atom is -0.469 e. The van der Waals surface area contributed by atoms with Crippen LogP contribution in [-0.4, -0.2) is 50.3 Å². The fourth-order valence-electron chi connectivity index (χ4n) is 5.06. The third-order valence-corrected chi connectivity index (χ3v) is 6.19. The number of hydrogen-bond acceptors (Lipinski definition) is 5. The largest absolute Gasteiger partial charge is 0.469 e. The first kappa shape index (κ1) is 19.0. The van der Waals surface area contributed by atoms with Crippen LogP contribution >= 0.6 is 12.4 Å². The molecule has 4 atom stereocenters. The Labute approximate surface area is 159 Å². The summed E-state index contributed by atoms with van der Waals surface area (Å²) in [5.74, 6) is 0.923. The van der Waals surface area contributed by atoms with Crippen molar-refractivity contribution in [1.82, 2.24) is 10.2 Å². The molecule has 4 rings (SSSR count). The molecule has 1 amide bonds. The minimum atomic E-state index is -0.558. The van der Waals surface area contributed by atoms with Crippen molar-refractivity contribution in [2.24, 2.45) is 23.2 Å². The summed E-state index contributed by atoms with van der Waals surface area (Å²) in [7, 11) is 1.44. The van der Waals surface area contributed by atoms with Gasteiger partial charge in [-0.15, -0.1) is 12.4 Å². The molecule has 3 fully saturated rings. The lowest BCUT2D eigenvalue weighted by Crippen LogP contribution is -2.40. The van der Waals surface area contributed by atoms with Crippen molar-refractivity contribution in [2.75, 3.05) is 33.3 Å². The molecule has 0 aromatic heterocycles. The van der Waals surface area contributed by atoms with Gasteiger partial charge in [-0.2, -0.15) is 0 Å². The summed E-state index contributed by atoms with van der Waals surface area (Å²) in [6.45, 7) is 3.11. The van der Waals surface area contributed by atoms with Gasteiger partial charge in [0.25, 0.3) is 0 Å². The van der Waals surface area contributed by atoms with Crippen LogP contribution < -0.4 is 5.32 Å². The lowest BCUT2D eigenvalue weighted by molar-refractivity contribution is -0.153. The first-order valence-corrected chi connectivity index (χ1v) is 8.89. The lowest BCUT2D eigenvalue weighted by Gasteiger charge is -2.27. The highest BCUT2D eigenvalue weighted by Gasteiger charge is 2.64.